The van der Waals surface area contributed by atoms with Gasteiger partial charge in [-0.3, -0.25) is 4.98 Å². The Balaban J connectivity index is 2.15. The van der Waals surface area contributed by atoms with E-state index in [9.17, 15) is 9.90 Å². The number of aryl methyl sites for hydroxylation is 1. The third-order valence-corrected chi connectivity index (χ3v) is 3.25. The standard InChI is InChI=1S/C16H14N4O3/c1-3-23-16(22)14-19-13-10(15(21)20-14)6-7-11(18-13)12-9(2)5-4-8-17-12/h4-8H,3H2,1-2H3,(H,18,19,20,21). The quantitative estimate of drug-likeness (QED) is 0.741. The maximum atomic E-state index is 11.8. The molecule has 0 bridgehead atoms. The summed E-state index contributed by atoms with van der Waals surface area (Å²) in [7, 11) is 0. The lowest BCUT2D eigenvalue weighted by atomic mass is 10.1. The molecule has 0 fully saturated rings. The number of esters is 1. The molecular formula is C16H14N4O3. The van der Waals surface area contributed by atoms with Crippen LogP contribution in [0.1, 0.15) is 23.1 Å². The molecule has 0 unspecified atom stereocenters. The van der Waals surface area contributed by atoms with Crippen molar-refractivity contribution in [2.24, 2.45) is 0 Å². The number of hydrogen-bond acceptors (Lipinski definition) is 7. The van der Waals surface area contributed by atoms with Crippen molar-refractivity contribution < 1.29 is 14.6 Å². The summed E-state index contributed by atoms with van der Waals surface area (Å²) < 4.78 is 4.85. The number of aromatic hydroxyl groups is 1. The lowest BCUT2D eigenvalue weighted by Gasteiger charge is -2.07. The van der Waals surface area contributed by atoms with Crippen molar-refractivity contribution in [1.29, 1.82) is 0 Å². The van der Waals surface area contributed by atoms with Crippen molar-refractivity contribution in [1.82, 2.24) is 19.9 Å². The molecule has 0 radical (unpaired) electrons. The molecule has 23 heavy (non-hydrogen) atoms. The molecule has 0 spiro atoms. The fourth-order valence-corrected chi connectivity index (χ4v) is 2.17. The van der Waals surface area contributed by atoms with Crippen molar-refractivity contribution in [3.63, 3.8) is 0 Å². The summed E-state index contributed by atoms with van der Waals surface area (Å²) in [5, 5.41) is 10.3. The van der Waals surface area contributed by atoms with E-state index in [4.69, 9.17) is 4.74 Å². The first kappa shape index (κ1) is 14.8. The first-order chi connectivity index (χ1) is 11.1. The number of rotatable bonds is 3. The highest BCUT2D eigenvalue weighted by Gasteiger charge is 2.16. The van der Waals surface area contributed by atoms with E-state index in [1.807, 2.05) is 19.1 Å². The van der Waals surface area contributed by atoms with E-state index in [0.29, 0.717) is 16.8 Å². The average Bonchev–Trinajstić information content (AvgIpc) is 2.55. The van der Waals surface area contributed by atoms with Crippen LogP contribution in [0, 0.1) is 6.92 Å². The van der Waals surface area contributed by atoms with Crippen LogP contribution in [0.25, 0.3) is 22.4 Å². The number of nitrogens with zero attached hydrogens (tertiary/aromatic N) is 4. The summed E-state index contributed by atoms with van der Waals surface area (Å²) in [5.41, 5.74) is 2.49. The molecule has 0 aliphatic rings. The summed E-state index contributed by atoms with van der Waals surface area (Å²) in [4.78, 5) is 28.3. The Morgan fingerprint density at radius 1 is 1.22 bits per heavy atom. The predicted molar refractivity (Wildman–Crippen MR) is 82.9 cm³/mol. The van der Waals surface area contributed by atoms with Crippen LogP contribution in [-0.4, -0.2) is 37.6 Å². The normalized spacial score (nSPS) is 10.7. The van der Waals surface area contributed by atoms with Gasteiger partial charge in [0.25, 0.3) is 0 Å². The highest BCUT2D eigenvalue weighted by Crippen LogP contribution is 2.25. The maximum absolute atomic E-state index is 11.8. The van der Waals surface area contributed by atoms with Gasteiger partial charge in [0, 0.05) is 6.20 Å². The molecule has 7 heteroatoms. The van der Waals surface area contributed by atoms with Gasteiger partial charge < -0.3 is 9.84 Å². The Bertz CT molecular complexity index is 896. The Labute approximate surface area is 132 Å². The first-order valence-corrected chi connectivity index (χ1v) is 7.07. The molecule has 3 heterocycles. The second-order valence-electron chi connectivity index (χ2n) is 4.83. The van der Waals surface area contributed by atoms with Crippen molar-refractivity contribution in [3.05, 3.63) is 41.9 Å². The fourth-order valence-electron chi connectivity index (χ4n) is 2.17. The Kier molecular flexibility index (Phi) is 3.84. The lowest BCUT2D eigenvalue weighted by Crippen LogP contribution is -2.10. The van der Waals surface area contributed by atoms with E-state index >= 15 is 0 Å². The van der Waals surface area contributed by atoms with E-state index in [-0.39, 0.29) is 24.0 Å². The lowest BCUT2D eigenvalue weighted by molar-refractivity contribution is 0.0511. The minimum atomic E-state index is -0.703. The second kappa shape index (κ2) is 5.96. The number of ether oxygens (including phenoxy) is 1. The maximum Gasteiger partial charge on any atom is 0.376 e. The minimum Gasteiger partial charge on any atom is -0.493 e. The zero-order valence-electron chi connectivity index (χ0n) is 12.6. The van der Waals surface area contributed by atoms with Crippen LogP contribution in [0.3, 0.4) is 0 Å². The first-order valence-electron chi connectivity index (χ1n) is 7.07. The molecule has 0 atom stereocenters. The molecule has 1 N–H and O–H groups in total. The number of carbonyl (C=O) groups excluding carboxylic acids is 1. The summed E-state index contributed by atoms with van der Waals surface area (Å²) in [6.07, 6.45) is 1.68. The van der Waals surface area contributed by atoms with Gasteiger partial charge in [-0.05, 0) is 37.6 Å². The smallest absolute Gasteiger partial charge is 0.376 e. The fraction of sp³-hybridized carbons (Fsp3) is 0.188. The van der Waals surface area contributed by atoms with Gasteiger partial charge in [-0.25, -0.2) is 14.8 Å². The summed E-state index contributed by atoms with van der Waals surface area (Å²) >= 11 is 0. The highest BCUT2D eigenvalue weighted by atomic mass is 16.5. The van der Waals surface area contributed by atoms with Crippen LogP contribution in [0.4, 0.5) is 0 Å². The van der Waals surface area contributed by atoms with Gasteiger partial charge >= 0.3 is 5.97 Å². The van der Waals surface area contributed by atoms with Gasteiger partial charge in [0.05, 0.1) is 23.4 Å². The van der Waals surface area contributed by atoms with Gasteiger partial charge in [0.15, 0.2) is 5.65 Å². The topological polar surface area (TPSA) is 98.1 Å². The Morgan fingerprint density at radius 3 is 2.78 bits per heavy atom. The zero-order valence-corrected chi connectivity index (χ0v) is 12.6. The van der Waals surface area contributed by atoms with Crippen LogP contribution in [0.2, 0.25) is 0 Å². The largest absolute Gasteiger partial charge is 0.493 e. The van der Waals surface area contributed by atoms with Gasteiger partial charge in [0.2, 0.25) is 11.7 Å². The molecular weight excluding hydrogens is 296 g/mol. The molecule has 7 nitrogen and oxygen atoms in total. The SMILES string of the molecule is CCOC(=O)c1nc(O)c2ccc(-c3ncccc3C)nc2n1. The zero-order chi connectivity index (χ0) is 16.4. The third-order valence-electron chi connectivity index (χ3n) is 3.25. The van der Waals surface area contributed by atoms with Crippen molar-refractivity contribution in [2.45, 2.75) is 13.8 Å². The van der Waals surface area contributed by atoms with Gasteiger partial charge in [-0.15, -0.1) is 0 Å². The van der Waals surface area contributed by atoms with Crippen molar-refractivity contribution in [3.8, 4) is 17.3 Å². The molecule has 3 rings (SSSR count). The van der Waals surface area contributed by atoms with Crippen LogP contribution < -0.4 is 0 Å². The summed E-state index contributed by atoms with van der Waals surface area (Å²) in [5.74, 6) is -1.24. The number of aromatic nitrogens is 4. The van der Waals surface area contributed by atoms with E-state index in [2.05, 4.69) is 19.9 Å². The molecule has 0 aromatic carbocycles. The number of carbonyl (C=O) groups is 1. The molecule has 0 saturated carbocycles. The molecule has 116 valence electrons. The van der Waals surface area contributed by atoms with Gasteiger partial charge in [0.1, 0.15) is 0 Å². The Hall–Kier alpha value is -3.09. The predicted octanol–water partition coefficient (Wildman–Crippen LogP) is 2.28. The highest BCUT2D eigenvalue weighted by molar-refractivity contribution is 5.90. The molecule has 0 amide bonds. The molecule has 0 aliphatic carbocycles. The molecule has 0 aliphatic heterocycles. The van der Waals surface area contributed by atoms with Crippen LogP contribution >= 0.6 is 0 Å². The number of pyridine rings is 2. The molecule has 0 saturated heterocycles. The monoisotopic (exact) mass is 310 g/mol. The summed E-state index contributed by atoms with van der Waals surface area (Å²) in [6.45, 7) is 3.80. The number of hydrogen-bond donors (Lipinski definition) is 1. The Morgan fingerprint density at radius 2 is 2.04 bits per heavy atom. The van der Waals surface area contributed by atoms with Crippen molar-refractivity contribution in [2.75, 3.05) is 6.61 Å². The van der Waals surface area contributed by atoms with Gasteiger partial charge in [-0.1, -0.05) is 6.07 Å². The second-order valence-corrected chi connectivity index (χ2v) is 4.83. The van der Waals surface area contributed by atoms with Crippen LogP contribution in [-0.2, 0) is 4.74 Å². The minimum absolute atomic E-state index is 0.196. The number of fused-ring (bicyclic) bond motifs is 1. The van der Waals surface area contributed by atoms with Crippen LogP contribution in [0.5, 0.6) is 5.88 Å². The third kappa shape index (κ3) is 2.80. The van der Waals surface area contributed by atoms with E-state index in [1.165, 1.54) is 0 Å². The van der Waals surface area contributed by atoms with Crippen molar-refractivity contribution >= 4 is 17.0 Å². The van der Waals surface area contributed by atoms with E-state index in [0.717, 1.165) is 5.56 Å². The molecule has 3 aromatic rings. The van der Waals surface area contributed by atoms with Crippen LogP contribution in [0.15, 0.2) is 30.5 Å². The average molecular weight is 310 g/mol. The molecule has 3 aromatic heterocycles. The van der Waals surface area contributed by atoms with E-state index in [1.54, 1.807) is 25.3 Å². The van der Waals surface area contributed by atoms with E-state index < -0.39 is 5.97 Å². The van der Waals surface area contributed by atoms with Gasteiger partial charge in [-0.2, -0.15) is 4.98 Å². The summed E-state index contributed by atoms with van der Waals surface area (Å²) in [6, 6.07) is 7.14.